The standard InChI is InChI=1S/C7H13O5P/c1-13-12-6-3-2-10-7(11-3)5(9)4(6)8/h3-9,13H,2H2,1H3/t3?,4?,5-,6+,7+/m0/s1. The van der Waals surface area contributed by atoms with Crippen molar-refractivity contribution >= 4 is 8.81 Å². The van der Waals surface area contributed by atoms with Gasteiger partial charge in [0.05, 0.1) is 6.61 Å². The van der Waals surface area contributed by atoms with E-state index in [0.717, 1.165) is 0 Å². The van der Waals surface area contributed by atoms with E-state index in [-0.39, 0.29) is 14.9 Å². The maximum atomic E-state index is 9.62. The predicted octanol–water partition coefficient (Wildman–Crippen LogP) is -0.928. The maximum absolute atomic E-state index is 9.62. The highest BCUT2D eigenvalue weighted by atomic mass is 31.1. The monoisotopic (exact) mass is 208 g/mol. The molecule has 6 atom stereocenters. The van der Waals surface area contributed by atoms with Gasteiger partial charge in [0.25, 0.3) is 0 Å². The average Bonchev–Trinajstić information content (AvgIpc) is 2.56. The van der Waals surface area contributed by atoms with Crippen molar-refractivity contribution in [2.45, 2.75) is 30.7 Å². The molecule has 2 N–H and O–H groups in total. The predicted molar refractivity (Wildman–Crippen MR) is 45.7 cm³/mol. The lowest BCUT2D eigenvalue weighted by Gasteiger charge is -2.34. The Hall–Kier alpha value is 0.230. The van der Waals surface area contributed by atoms with E-state index in [0.29, 0.717) is 6.61 Å². The zero-order valence-electron chi connectivity index (χ0n) is 7.21. The molecule has 6 heteroatoms. The summed E-state index contributed by atoms with van der Waals surface area (Å²) in [5.41, 5.74) is 0. The first-order chi connectivity index (χ1) is 6.24. The van der Waals surface area contributed by atoms with Crippen molar-refractivity contribution in [2.24, 2.45) is 0 Å². The molecular formula is C7H13O5P. The maximum Gasteiger partial charge on any atom is 0.186 e. The van der Waals surface area contributed by atoms with Crippen LogP contribution in [0.4, 0.5) is 0 Å². The molecule has 13 heavy (non-hydrogen) atoms. The number of fused-ring (bicyclic) bond motifs is 2. The van der Waals surface area contributed by atoms with Gasteiger partial charge in [0, 0.05) is 8.81 Å². The fraction of sp³-hybridized carbons (Fsp3) is 1.00. The third-order valence-corrected chi connectivity index (χ3v) is 2.83. The summed E-state index contributed by atoms with van der Waals surface area (Å²) in [6.07, 6.45) is -3.29. The Morgan fingerprint density at radius 2 is 2.15 bits per heavy atom. The highest BCUT2D eigenvalue weighted by molar-refractivity contribution is 7.31. The summed E-state index contributed by atoms with van der Waals surface area (Å²) in [5.74, 6) is 0. The van der Waals surface area contributed by atoms with Crippen molar-refractivity contribution in [3.63, 3.8) is 0 Å². The van der Waals surface area contributed by atoms with Crippen LogP contribution in [-0.4, -0.2) is 54.2 Å². The van der Waals surface area contributed by atoms with Crippen LogP contribution in [0, 0.1) is 0 Å². The second-order valence-corrected chi connectivity index (χ2v) is 3.79. The van der Waals surface area contributed by atoms with E-state index in [9.17, 15) is 10.2 Å². The Bertz CT molecular complexity index is 190. The molecule has 2 saturated heterocycles. The van der Waals surface area contributed by atoms with Crippen molar-refractivity contribution in [3.8, 4) is 0 Å². The molecule has 0 spiro atoms. The largest absolute Gasteiger partial charge is 0.387 e. The van der Waals surface area contributed by atoms with Crippen LogP contribution < -0.4 is 0 Å². The average molecular weight is 208 g/mol. The molecule has 2 rings (SSSR count). The smallest absolute Gasteiger partial charge is 0.186 e. The van der Waals surface area contributed by atoms with Gasteiger partial charge in [-0.3, -0.25) is 0 Å². The Kier molecular flexibility index (Phi) is 2.83. The zero-order chi connectivity index (χ0) is 9.42. The first-order valence-electron chi connectivity index (χ1n) is 4.19. The molecule has 2 aliphatic rings. The Labute approximate surface area is 77.8 Å². The van der Waals surface area contributed by atoms with Crippen LogP contribution >= 0.6 is 8.81 Å². The molecule has 0 aliphatic carbocycles. The molecule has 2 fully saturated rings. The fourth-order valence-corrected chi connectivity index (χ4v) is 2.21. The van der Waals surface area contributed by atoms with Crippen molar-refractivity contribution in [2.75, 3.05) is 13.3 Å². The summed E-state index contributed by atoms with van der Waals surface area (Å²) in [6, 6.07) is 0. The Morgan fingerprint density at radius 1 is 1.38 bits per heavy atom. The van der Waals surface area contributed by atoms with Crippen LogP contribution in [0.3, 0.4) is 0 Å². The zero-order valence-corrected chi connectivity index (χ0v) is 8.21. The molecular weight excluding hydrogens is 195 g/mol. The first kappa shape index (κ1) is 9.77. The van der Waals surface area contributed by atoms with E-state index in [1.165, 1.54) is 0 Å². The number of hydrogen-bond acceptors (Lipinski definition) is 5. The second kappa shape index (κ2) is 3.77. The van der Waals surface area contributed by atoms with Crippen LogP contribution in [-0.2, 0) is 14.0 Å². The normalized spacial score (nSPS) is 50.5. The lowest BCUT2D eigenvalue weighted by molar-refractivity contribution is -0.221. The third-order valence-electron chi connectivity index (χ3n) is 2.32. The van der Waals surface area contributed by atoms with Gasteiger partial charge in [-0.05, 0) is 6.66 Å². The molecule has 5 nitrogen and oxygen atoms in total. The third kappa shape index (κ3) is 1.61. The van der Waals surface area contributed by atoms with Gasteiger partial charge in [0.2, 0.25) is 0 Å². The number of hydrogen-bond donors (Lipinski definition) is 2. The van der Waals surface area contributed by atoms with Crippen molar-refractivity contribution in [1.82, 2.24) is 0 Å². The number of rotatable bonds is 2. The quantitative estimate of drug-likeness (QED) is 0.574. The molecule has 2 bridgehead atoms. The molecule has 2 aliphatic heterocycles. The van der Waals surface area contributed by atoms with Crippen LogP contribution in [0.1, 0.15) is 0 Å². The summed E-state index contributed by atoms with van der Waals surface area (Å²) in [5, 5.41) is 19.1. The van der Waals surface area contributed by atoms with Crippen LogP contribution in [0.5, 0.6) is 0 Å². The lowest BCUT2D eigenvalue weighted by Crippen LogP contribution is -2.54. The Balaban J connectivity index is 2.08. The first-order valence-corrected chi connectivity index (χ1v) is 5.60. The molecule has 2 heterocycles. The molecule has 3 unspecified atom stereocenters. The van der Waals surface area contributed by atoms with Crippen molar-refractivity contribution < 1.29 is 24.2 Å². The van der Waals surface area contributed by atoms with Gasteiger partial charge in [-0.25, -0.2) is 0 Å². The fourth-order valence-electron chi connectivity index (χ4n) is 1.65. The highest BCUT2D eigenvalue weighted by Gasteiger charge is 2.50. The summed E-state index contributed by atoms with van der Waals surface area (Å²) in [6.45, 7) is 2.24. The van der Waals surface area contributed by atoms with E-state index < -0.39 is 24.6 Å². The Morgan fingerprint density at radius 3 is 2.85 bits per heavy atom. The van der Waals surface area contributed by atoms with Crippen LogP contribution in [0.2, 0.25) is 0 Å². The molecule has 0 radical (unpaired) electrons. The van der Waals surface area contributed by atoms with Gasteiger partial charge in [-0.15, -0.1) is 0 Å². The van der Waals surface area contributed by atoms with E-state index in [2.05, 4.69) is 0 Å². The summed E-state index contributed by atoms with van der Waals surface area (Å²) in [7, 11) is 0.265. The van der Waals surface area contributed by atoms with Gasteiger partial charge < -0.3 is 24.2 Å². The molecule has 76 valence electrons. The molecule has 0 aromatic heterocycles. The van der Waals surface area contributed by atoms with Crippen molar-refractivity contribution in [1.29, 1.82) is 0 Å². The minimum absolute atomic E-state index is 0.240. The summed E-state index contributed by atoms with van der Waals surface area (Å²) in [4.78, 5) is 0. The molecule has 0 aromatic rings. The van der Waals surface area contributed by atoms with Crippen molar-refractivity contribution in [3.05, 3.63) is 0 Å². The van der Waals surface area contributed by atoms with E-state index in [4.69, 9.17) is 14.0 Å². The van der Waals surface area contributed by atoms with E-state index in [1.807, 2.05) is 6.66 Å². The number of aliphatic hydroxyl groups excluding tert-OH is 2. The van der Waals surface area contributed by atoms with Gasteiger partial charge in [0.1, 0.15) is 24.4 Å². The molecule has 0 saturated carbocycles. The van der Waals surface area contributed by atoms with Crippen LogP contribution in [0.15, 0.2) is 0 Å². The summed E-state index contributed by atoms with van der Waals surface area (Å²) >= 11 is 0. The lowest BCUT2D eigenvalue weighted by atomic mass is 10.0. The van der Waals surface area contributed by atoms with E-state index in [1.54, 1.807) is 0 Å². The topological polar surface area (TPSA) is 68.2 Å². The number of aliphatic hydroxyl groups is 2. The highest BCUT2D eigenvalue weighted by Crippen LogP contribution is 2.32. The molecule has 0 aromatic carbocycles. The minimum Gasteiger partial charge on any atom is -0.387 e. The van der Waals surface area contributed by atoms with Gasteiger partial charge in [-0.1, -0.05) is 0 Å². The molecule has 0 amide bonds. The van der Waals surface area contributed by atoms with Crippen LogP contribution in [0.25, 0.3) is 0 Å². The van der Waals surface area contributed by atoms with Gasteiger partial charge >= 0.3 is 0 Å². The van der Waals surface area contributed by atoms with Gasteiger partial charge in [-0.2, -0.15) is 0 Å². The van der Waals surface area contributed by atoms with Gasteiger partial charge in [0.15, 0.2) is 6.29 Å². The minimum atomic E-state index is -1.000. The SMILES string of the molecule is CPO[C@@H]1C2CO[C@H](O2)[C@@H](O)C1O. The number of ether oxygens (including phenoxy) is 2. The van der Waals surface area contributed by atoms with E-state index >= 15 is 0 Å². The summed E-state index contributed by atoms with van der Waals surface area (Å²) < 4.78 is 15.7. The second-order valence-electron chi connectivity index (χ2n) is 3.14.